The van der Waals surface area contributed by atoms with E-state index in [-0.39, 0.29) is 0 Å². The van der Waals surface area contributed by atoms with Crippen molar-refractivity contribution in [2.45, 2.75) is 13.5 Å². The first kappa shape index (κ1) is 13.4. The van der Waals surface area contributed by atoms with E-state index in [1.807, 2.05) is 17.8 Å². The van der Waals surface area contributed by atoms with Crippen LogP contribution in [-0.4, -0.2) is 35.0 Å². The van der Waals surface area contributed by atoms with Crippen LogP contribution in [0.25, 0.3) is 10.9 Å². The number of para-hydroxylation sites is 1. The van der Waals surface area contributed by atoms with Crippen LogP contribution in [0.1, 0.15) is 12.6 Å². The average Bonchev–Trinajstić information content (AvgIpc) is 2.39. The summed E-state index contributed by atoms with van der Waals surface area (Å²) in [5, 5.41) is 1.21. The number of nitrogens with zero attached hydrogens (tertiary/aromatic N) is 2. The van der Waals surface area contributed by atoms with E-state index in [9.17, 15) is 0 Å². The summed E-state index contributed by atoms with van der Waals surface area (Å²) in [6.45, 7) is 4.25. The van der Waals surface area contributed by atoms with Crippen LogP contribution in [0.5, 0.6) is 0 Å². The largest absolute Gasteiger partial charge is 0.300 e. The SMILES string of the molecule is CCSCCN(C)Cc1ccc2ccccc2n1. The molecule has 0 amide bonds. The Bertz CT molecular complexity index is 499. The van der Waals surface area contributed by atoms with Crippen molar-refractivity contribution in [1.82, 2.24) is 9.88 Å². The van der Waals surface area contributed by atoms with Gasteiger partial charge in [0.25, 0.3) is 0 Å². The Balaban J connectivity index is 1.98. The van der Waals surface area contributed by atoms with Gasteiger partial charge in [-0.1, -0.05) is 31.2 Å². The summed E-state index contributed by atoms with van der Waals surface area (Å²) in [5.41, 5.74) is 2.24. The van der Waals surface area contributed by atoms with Gasteiger partial charge in [0.05, 0.1) is 11.2 Å². The maximum absolute atomic E-state index is 4.69. The van der Waals surface area contributed by atoms with Crippen LogP contribution in [0.3, 0.4) is 0 Å². The van der Waals surface area contributed by atoms with E-state index in [0.29, 0.717) is 0 Å². The molecule has 3 heteroatoms. The Labute approximate surface area is 113 Å². The Morgan fingerprint density at radius 2 is 2.00 bits per heavy atom. The zero-order valence-electron chi connectivity index (χ0n) is 11.1. The van der Waals surface area contributed by atoms with Crippen LogP contribution < -0.4 is 0 Å². The predicted octanol–water partition coefficient (Wildman–Crippen LogP) is 3.42. The smallest absolute Gasteiger partial charge is 0.0705 e. The predicted molar refractivity (Wildman–Crippen MR) is 81.1 cm³/mol. The molecule has 2 rings (SSSR count). The van der Waals surface area contributed by atoms with Gasteiger partial charge in [0.2, 0.25) is 0 Å². The van der Waals surface area contributed by atoms with E-state index in [2.05, 4.69) is 49.2 Å². The highest BCUT2D eigenvalue weighted by Gasteiger charge is 2.02. The topological polar surface area (TPSA) is 16.1 Å². The van der Waals surface area contributed by atoms with Crippen molar-refractivity contribution >= 4 is 22.7 Å². The van der Waals surface area contributed by atoms with Gasteiger partial charge in [0, 0.05) is 24.2 Å². The number of hydrogen-bond donors (Lipinski definition) is 0. The maximum Gasteiger partial charge on any atom is 0.0705 e. The molecular formula is C15H20N2S. The summed E-state index contributed by atoms with van der Waals surface area (Å²) in [6, 6.07) is 12.6. The summed E-state index contributed by atoms with van der Waals surface area (Å²) in [4.78, 5) is 7.03. The monoisotopic (exact) mass is 260 g/mol. The minimum Gasteiger partial charge on any atom is -0.300 e. The highest BCUT2D eigenvalue weighted by molar-refractivity contribution is 7.99. The molecule has 0 N–H and O–H groups in total. The van der Waals surface area contributed by atoms with Gasteiger partial charge in [-0.15, -0.1) is 0 Å². The number of fused-ring (bicyclic) bond motifs is 1. The first-order valence-electron chi connectivity index (χ1n) is 6.40. The Hall–Kier alpha value is -1.06. The zero-order valence-corrected chi connectivity index (χ0v) is 11.9. The van der Waals surface area contributed by atoms with Gasteiger partial charge in [0.1, 0.15) is 0 Å². The van der Waals surface area contributed by atoms with E-state index in [1.165, 1.54) is 16.9 Å². The minimum absolute atomic E-state index is 0.926. The third-order valence-electron chi connectivity index (χ3n) is 2.91. The number of aromatic nitrogens is 1. The quantitative estimate of drug-likeness (QED) is 0.740. The third kappa shape index (κ3) is 3.72. The molecule has 0 fully saturated rings. The number of rotatable bonds is 6. The fourth-order valence-corrected chi connectivity index (χ4v) is 2.65. The van der Waals surface area contributed by atoms with Crippen LogP contribution in [-0.2, 0) is 6.54 Å². The second-order valence-electron chi connectivity index (χ2n) is 4.43. The molecule has 1 heterocycles. The fraction of sp³-hybridized carbons (Fsp3) is 0.400. The molecule has 0 spiro atoms. The van der Waals surface area contributed by atoms with Gasteiger partial charge < -0.3 is 0 Å². The molecule has 0 bridgehead atoms. The molecule has 2 nitrogen and oxygen atoms in total. The molecule has 0 atom stereocenters. The van der Waals surface area contributed by atoms with E-state index in [0.717, 1.165) is 24.3 Å². The summed E-state index contributed by atoms with van der Waals surface area (Å²) < 4.78 is 0. The van der Waals surface area contributed by atoms with Crippen molar-refractivity contribution in [2.24, 2.45) is 0 Å². The standard InChI is InChI=1S/C15H20N2S/c1-3-18-11-10-17(2)12-14-9-8-13-6-4-5-7-15(13)16-14/h4-9H,3,10-12H2,1-2H3. The Morgan fingerprint density at radius 1 is 1.17 bits per heavy atom. The van der Waals surface area contributed by atoms with E-state index >= 15 is 0 Å². The lowest BCUT2D eigenvalue weighted by Gasteiger charge is -2.15. The Kier molecular flexibility index (Phi) is 5.02. The minimum atomic E-state index is 0.926. The normalized spacial score (nSPS) is 11.3. The number of pyridine rings is 1. The molecule has 0 aliphatic heterocycles. The first-order chi connectivity index (χ1) is 8.79. The van der Waals surface area contributed by atoms with Crippen molar-refractivity contribution in [2.75, 3.05) is 25.1 Å². The maximum atomic E-state index is 4.69. The number of benzene rings is 1. The van der Waals surface area contributed by atoms with Gasteiger partial charge in [-0.05, 0) is 24.9 Å². The lowest BCUT2D eigenvalue weighted by molar-refractivity contribution is 0.344. The van der Waals surface area contributed by atoms with E-state index < -0.39 is 0 Å². The molecule has 96 valence electrons. The van der Waals surface area contributed by atoms with Gasteiger partial charge in [0.15, 0.2) is 0 Å². The molecule has 0 saturated carbocycles. The van der Waals surface area contributed by atoms with Gasteiger partial charge in [-0.2, -0.15) is 11.8 Å². The molecule has 1 aromatic carbocycles. The molecule has 2 aromatic rings. The third-order valence-corrected chi connectivity index (χ3v) is 3.79. The highest BCUT2D eigenvalue weighted by Crippen LogP contribution is 2.12. The molecule has 0 aliphatic rings. The van der Waals surface area contributed by atoms with Crippen LogP contribution >= 0.6 is 11.8 Å². The average molecular weight is 260 g/mol. The zero-order chi connectivity index (χ0) is 12.8. The number of thioether (sulfide) groups is 1. The van der Waals surface area contributed by atoms with Crippen LogP contribution in [0.2, 0.25) is 0 Å². The molecule has 1 aromatic heterocycles. The van der Waals surface area contributed by atoms with E-state index in [1.54, 1.807) is 0 Å². The molecule has 0 radical (unpaired) electrons. The molecular weight excluding hydrogens is 240 g/mol. The highest BCUT2D eigenvalue weighted by atomic mass is 32.2. The summed E-state index contributed by atoms with van der Waals surface area (Å²) >= 11 is 1.99. The van der Waals surface area contributed by atoms with Crippen molar-refractivity contribution < 1.29 is 0 Å². The van der Waals surface area contributed by atoms with Crippen LogP contribution in [0.4, 0.5) is 0 Å². The van der Waals surface area contributed by atoms with Crippen molar-refractivity contribution in [3.05, 3.63) is 42.1 Å². The van der Waals surface area contributed by atoms with Gasteiger partial charge in [-0.3, -0.25) is 9.88 Å². The summed E-state index contributed by atoms with van der Waals surface area (Å²) in [7, 11) is 2.16. The first-order valence-corrected chi connectivity index (χ1v) is 7.56. The molecule has 18 heavy (non-hydrogen) atoms. The van der Waals surface area contributed by atoms with Crippen LogP contribution in [0.15, 0.2) is 36.4 Å². The molecule has 0 unspecified atom stereocenters. The second-order valence-corrected chi connectivity index (χ2v) is 5.82. The summed E-state index contributed by atoms with van der Waals surface area (Å²) in [6.07, 6.45) is 0. The van der Waals surface area contributed by atoms with E-state index in [4.69, 9.17) is 4.98 Å². The van der Waals surface area contributed by atoms with Crippen molar-refractivity contribution in [1.29, 1.82) is 0 Å². The fourth-order valence-electron chi connectivity index (χ4n) is 1.92. The summed E-state index contributed by atoms with van der Waals surface area (Å²) in [5.74, 6) is 2.39. The molecule has 0 saturated heterocycles. The number of hydrogen-bond acceptors (Lipinski definition) is 3. The van der Waals surface area contributed by atoms with Crippen molar-refractivity contribution in [3.63, 3.8) is 0 Å². The molecule has 0 aliphatic carbocycles. The van der Waals surface area contributed by atoms with Crippen LogP contribution in [0, 0.1) is 0 Å². The lowest BCUT2D eigenvalue weighted by atomic mass is 10.2. The second kappa shape index (κ2) is 6.76. The lowest BCUT2D eigenvalue weighted by Crippen LogP contribution is -2.21. The van der Waals surface area contributed by atoms with Crippen molar-refractivity contribution in [3.8, 4) is 0 Å². The van der Waals surface area contributed by atoms with Gasteiger partial charge in [-0.25, -0.2) is 0 Å². The van der Waals surface area contributed by atoms with Gasteiger partial charge >= 0.3 is 0 Å². The Morgan fingerprint density at radius 3 is 2.83 bits per heavy atom.